The number of nitriles is 1. The van der Waals surface area contributed by atoms with Gasteiger partial charge in [-0.2, -0.15) is 10.2 Å². The summed E-state index contributed by atoms with van der Waals surface area (Å²) in [6.45, 7) is 3.20. The third-order valence-corrected chi connectivity index (χ3v) is 7.25. The summed E-state index contributed by atoms with van der Waals surface area (Å²) >= 11 is 0. The van der Waals surface area contributed by atoms with Gasteiger partial charge in [-0.3, -0.25) is 4.79 Å². The summed E-state index contributed by atoms with van der Waals surface area (Å²) in [5.74, 6) is 0.343. The van der Waals surface area contributed by atoms with Crippen LogP contribution in [-0.2, 0) is 9.53 Å². The Balaban J connectivity index is 1.25. The molecule has 12 nitrogen and oxygen atoms in total. The molecule has 2 aromatic carbocycles. The van der Waals surface area contributed by atoms with Crippen molar-refractivity contribution in [3.8, 4) is 23.2 Å². The summed E-state index contributed by atoms with van der Waals surface area (Å²) in [5.41, 5.74) is 2.48. The highest BCUT2D eigenvalue weighted by atomic mass is 19.1. The summed E-state index contributed by atoms with van der Waals surface area (Å²) < 4.78 is 26.1. The molecule has 2 aliphatic heterocycles. The number of aliphatic hydroxyl groups excluding tert-OH is 2. The number of alkyl halides is 1. The fraction of sp³-hybridized carbons (Fsp3) is 0.414. The maximum absolute atomic E-state index is 14.8. The number of halogens is 1. The highest BCUT2D eigenvalue weighted by Gasteiger charge is 2.34. The molecular weight excluding hydrogens is 545 g/mol. The van der Waals surface area contributed by atoms with Crippen molar-refractivity contribution >= 4 is 23.2 Å². The van der Waals surface area contributed by atoms with Crippen LogP contribution in [0, 0.1) is 11.3 Å². The van der Waals surface area contributed by atoms with E-state index in [1.54, 1.807) is 18.2 Å². The minimum Gasteiger partial charge on any atom is -0.486 e. The van der Waals surface area contributed by atoms with Crippen molar-refractivity contribution in [2.24, 2.45) is 0 Å². The number of carbonyl (C=O) groups is 1. The molecule has 1 aromatic heterocycles. The van der Waals surface area contributed by atoms with Crippen molar-refractivity contribution in [2.45, 2.75) is 37.8 Å². The number of anilines is 3. The van der Waals surface area contributed by atoms with Gasteiger partial charge in [-0.05, 0) is 49.4 Å². The Bertz CT molecular complexity index is 1430. The Hall–Kier alpha value is -4.38. The number of hydrogen-bond donors (Lipinski definition) is 3. The third-order valence-electron chi connectivity index (χ3n) is 7.25. The van der Waals surface area contributed by atoms with E-state index in [1.807, 2.05) is 24.3 Å². The first-order valence-electron chi connectivity index (χ1n) is 13.7. The van der Waals surface area contributed by atoms with Crippen molar-refractivity contribution in [1.29, 1.82) is 5.26 Å². The number of hydrogen-bond acceptors (Lipinski definition) is 11. The number of piperidine rings is 1. The first-order valence-corrected chi connectivity index (χ1v) is 13.7. The molecule has 0 bridgehead atoms. The maximum Gasteiger partial charge on any atom is 0.251 e. The van der Waals surface area contributed by atoms with E-state index in [0.717, 1.165) is 11.4 Å². The van der Waals surface area contributed by atoms with Crippen LogP contribution in [0.3, 0.4) is 0 Å². The fourth-order valence-electron chi connectivity index (χ4n) is 5.01. The van der Waals surface area contributed by atoms with E-state index in [2.05, 4.69) is 31.2 Å². The lowest BCUT2D eigenvalue weighted by molar-refractivity contribution is -0.143. The second kappa shape index (κ2) is 13.1. The number of aliphatic hydroxyl groups is 2. The standard InChI is InChI=1S/C29H32FN7O5/c1-18(39)28(40)36-9-8-26(24(30)14-36)42-25-7-2-19(12-20(25)13-31)27-32-17-33-29(35-27)34-21-3-5-22(6-4-21)37-10-11-41-16-23(37)15-38/h2-7,12,17-18,23-24,26,38-39H,8-11,14-16H2,1H3,(H,32,33,34,35)/t18?,23-,24+,26-/m0/s1. The lowest BCUT2D eigenvalue weighted by Gasteiger charge is -2.36. The summed E-state index contributed by atoms with van der Waals surface area (Å²) in [7, 11) is 0. The minimum absolute atomic E-state index is 0.0108. The van der Waals surface area contributed by atoms with Crippen LogP contribution >= 0.6 is 0 Å². The molecule has 13 heteroatoms. The van der Waals surface area contributed by atoms with Gasteiger partial charge in [0.15, 0.2) is 12.0 Å². The van der Waals surface area contributed by atoms with Crippen molar-refractivity contribution in [2.75, 3.05) is 49.7 Å². The van der Waals surface area contributed by atoms with Crippen molar-refractivity contribution in [1.82, 2.24) is 19.9 Å². The Morgan fingerprint density at radius 2 is 2.07 bits per heavy atom. The second-order valence-electron chi connectivity index (χ2n) is 10.2. The number of carbonyl (C=O) groups excluding carboxylic acids is 1. The molecular formula is C29H32FN7O5. The molecule has 2 aliphatic rings. The molecule has 4 atom stereocenters. The number of aromatic nitrogens is 3. The fourth-order valence-corrected chi connectivity index (χ4v) is 5.01. The molecule has 5 rings (SSSR count). The monoisotopic (exact) mass is 577 g/mol. The molecule has 220 valence electrons. The van der Waals surface area contributed by atoms with Crippen LogP contribution in [0.1, 0.15) is 18.9 Å². The first kappa shape index (κ1) is 29.1. The predicted octanol–water partition coefficient (Wildman–Crippen LogP) is 2.05. The molecule has 2 saturated heterocycles. The second-order valence-corrected chi connectivity index (χ2v) is 10.2. The molecule has 2 fully saturated rings. The number of ether oxygens (including phenoxy) is 2. The van der Waals surface area contributed by atoms with Crippen molar-refractivity contribution in [3.63, 3.8) is 0 Å². The number of morpholine rings is 1. The van der Waals surface area contributed by atoms with Gasteiger partial charge in [-0.15, -0.1) is 0 Å². The van der Waals surface area contributed by atoms with Crippen LogP contribution in [0.2, 0.25) is 0 Å². The van der Waals surface area contributed by atoms with Crippen molar-refractivity contribution in [3.05, 3.63) is 54.4 Å². The maximum atomic E-state index is 14.8. The zero-order chi connectivity index (χ0) is 29.6. The summed E-state index contributed by atoms with van der Waals surface area (Å²) in [4.78, 5) is 28.3. The van der Waals surface area contributed by atoms with Gasteiger partial charge in [0.25, 0.3) is 5.91 Å². The Labute approximate surface area is 242 Å². The van der Waals surface area contributed by atoms with Gasteiger partial charge in [0.2, 0.25) is 5.95 Å². The van der Waals surface area contributed by atoms with Crippen molar-refractivity contribution < 1.29 is 28.9 Å². The normalized spacial score (nSPS) is 21.4. The van der Waals surface area contributed by atoms with Gasteiger partial charge in [0.1, 0.15) is 30.4 Å². The lowest BCUT2D eigenvalue weighted by Crippen LogP contribution is -2.51. The van der Waals surface area contributed by atoms with Crippen LogP contribution in [-0.4, -0.2) is 99.8 Å². The molecule has 3 heterocycles. The summed E-state index contributed by atoms with van der Waals surface area (Å²) in [6.07, 6.45) is -1.91. The lowest BCUT2D eigenvalue weighted by atomic mass is 10.0. The average molecular weight is 578 g/mol. The highest BCUT2D eigenvalue weighted by molar-refractivity contribution is 5.80. The highest BCUT2D eigenvalue weighted by Crippen LogP contribution is 2.29. The number of likely N-dealkylation sites (tertiary alicyclic amines) is 1. The van der Waals surface area contributed by atoms with Crippen LogP contribution in [0.5, 0.6) is 5.75 Å². The van der Waals surface area contributed by atoms with Crippen LogP contribution in [0.25, 0.3) is 11.4 Å². The molecule has 3 aromatic rings. The van der Waals surface area contributed by atoms with E-state index in [9.17, 15) is 24.7 Å². The largest absolute Gasteiger partial charge is 0.486 e. The van der Waals surface area contributed by atoms with E-state index < -0.39 is 24.3 Å². The SMILES string of the molecule is CC(O)C(=O)N1CC[C@H](Oc2ccc(-c3ncnc(Nc4ccc(N5CCOC[C@@H]5CO)cc4)n3)cc2C#N)[C@H](F)C1. The minimum atomic E-state index is -1.47. The van der Waals surface area contributed by atoms with E-state index in [-0.39, 0.29) is 43.5 Å². The molecule has 0 saturated carbocycles. The van der Waals surface area contributed by atoms with Gasteiger partial charge in [0.05, 0.1) is 38.0 Å². The number of amides is 1. The molecule has 1 unspecified atom stereocenters. The van der Waals surface area contributed by atoms with E-state index >= 15 is 0 Å². The zero-order valence-electron chi connectivity index (χ0n) is 23.1. The smallest absolute Gasteiger partial charge is 0.251 e. The first-order chi connectivity index (χ1) is 20.4. The van der Waals surface area contributed by atoms with Gasteiger partial charge in [-0.25, -0.2) is 14.4 Å². The Morgan fingerprint density at radius 1 is 1.26 bits per heavy atom. The average Bonchev–Trinajstić information content (AvgIpc) is 3.02. The van der Waals surface area contributed by atoms with E-state index in [1.165, 1.54) is 18.2 Å². The van der Waals surface area contributed by atoms with Crippen LogP contribution < -0.4 is 15.0 Å². The van der Waals surface area contributed by atoms with E-state index in [0.29, 0.717) is 37.1 Å². The number of nitrogens with zero attached hydrogens (tertiary/aromatic N) is 6. The van der Waals surface area contributed by atoms with E-state index in [4.69, 9.17) is 9.47 Å². The van der Waals surface area contributed by atoms with Gasteiger partial charge in [0, 0.05) is 36.4 Å². The van der Waals surface area contributed by atoms with Gasteiger partial charge in [-0.1, -0.05) is 0 Å². The Kier molecular flexibility index (Phi) is 9.06. The number of benzene rings is 2. The quantitative estimate of drug-likeness (QED) is 0.360. The van der Waals surface area contributed by atoms with Crippen LogP contribution in [0.15, 0.2) is 48.8 Å². The zero-order valence-corrected chi connectivity index (χ0v) is 23.1. The molecule has 0 aliphatic carbocycles. The molecule has 0 spiro atoms. The summed E-state index contributed by atoms with van der Waals surface area (Å²) in [6, 6.07) is 14.5. The van der Waals surface area contributed by atoms with Gasteiger partial charge >= 0.3 is 0 Å². The molecule has 1 amide bonds. The third kappa shape index (κ3) is 6.57. The topological polar surface area (TPSA) is 157 Å². The molecule has 42 heavy (non-hydrogen) atoms. The summed E-state index contributed by atoms with van der Waals surface area (Å²) in [5, 5.41) is 32.1. The number of nitrogens with one attached hydrogen (secondary N) is 1. The Morgan fingerprint density at radius 3 is 2.79 bits per heavy atom. The molecule has 3 N–H and O–H groups in total. The molecule has 0 radical (unpaired) electrons. The predicted molar refractivity (Wildman–Crippen MR) is 151 cm³/mol. The van der Waals surface area contributed by atoms with Gasteiger partial charge < -0.3 is 34.8 Å². The number of rotatable bonds is 8. The van der Waals surface area contributed by atoms with Crippen LogP contribution in [0.4, 0.5) is 21.7 Å².